The van der Waals surface area contributed by atoms with Crippen molar-refractivity contribution in [2.75, 3.05) is 13.7 Å². The second-order valence-electron chi connectivity index (χ2n) is 4.97. The zero-order valence-electron chi connectivity index (χ0n) is 10.8. The number of ether oxygens (including phenoxy) is 1. The molecule has 1 aromatic carbocycles. The minimum atomic E-state index is -0.171. The van der Waals surface area contributed by atoms with Gasteiger partial charge in [0.25, 0.3) is 0 Å². The Morgan fingerprint density at radius 3 is 2.67 bits per heavy atom. The molecule has 0 bridgehead atoms. The molecule has 18 heavy (non-hydrogen) atoms. The van der Waals surface area contributed by atoms with Crippen molar-refractivity contribution in [3.63, 3.8) is 0 Å². The minimum absolute atomic E-state index is 0.151. The van der Waals surface area contributed by atoms with Crippen molar-refractivity contribution in [3.05, 3.63) is 23.8 Å². The minimum Gasteiger partial charge on any atom is -0.504 e. The second kappa shape index (κ2) is 5.59. The van der Waals surface area contributed by atoms with Gasteiger partial charge >= 0.3 is 0 Å². The van der Waals surface area contributed by atoms with E-state index < -0.39 is 0 Å². The summed E-state index contributed by atoms with van der Waals surface area (Å²) >= 11 is 0. The summed E-state index contributed by atoms with van der Waals surface area (Å²) in [5.74, 6) is 0.664. The molecular formula is C14H21NO3. The monoisotopic (exact) mass is 251 g/mol. The number of nitrogens with one attached hydrogen (secondary N) is 1. The number of aromatic hydroxyl groups is 1. The molecule has 0 spiro atoms. The van der Waals surface area contributed by atoms with Crippen molar-refractivity contribution in [1.82, 2.24) is 5.32 Å². The van der Waals surface area contributed by atoms with E-state index in [0.717, 1.165) is 31.2 Å². The summed E-state index contributed by atoms with van der Waals surface area (Å²) in [7, 11) is 1.54. The SMILES string of the molecule is COc1cccc(CNC2(CO)CCCC2)c1O. The molecule has 1 fully saturated rings. The Kier molecular flexibility index (Phi) is 4.09. The number of hydrogen-bond acceptors (Lipinski definition) is 4. The van der Waals surface area contributed by atoms with Crippen molar-refractivity contribution >= 4 is 0 Å². The highest BCUT2D eigenvalue weighted by atomic mass is 16.5. The van der Waals surface area contributed by atoms with Gasteiger partial charge in [0.1, 0.15) is 0 Å². The van der Waals surface area contributed by atoms with E-state index in [0.29, 0.717) is 12.3 Å². The Balaban J connectivity index is 2.05. The van der Waals surface area contributed by atoms with Crippen LogP contribution in [0.2, 0.25) is 0 Å². The Labute approximate surface area is 108 Å². The van der Waals surface area contributed by atoms with Crippen molar-refractivity contribution in [2.24, 2.45) is 0 Å². The number of rotatable bonds is 5. The first-order valence-corrected chi connectivity index (χ1v) is 6.41. The fourth-order valence-corrected chi connectivity index (χ4v) is 2.60. The van der Waals surface area contributed by atoms with Gasteiger partial charge in [-0.2, -0.15) is 0 Å². The quantitative estimate of drug-likeness (QED) is 0.746. The van der Waals surface area contributed by atoms with Crippen LogP contribution >= 0.6 is 0 Å². The summed E-state index contributed by atoms with van der Waals surface area (Å²) < 4.78 is 5.08. The molecule has 1 aliphatic rings. The van der Waals surface area contributed by atoms with E-state index in [-0.39, 0.29) is 17.9 Å². The van der Waals surface area contributed by atoms with Crippen LogP contribution in [0.1, 0.15) is 31.2 Å². The molecule has 1 aliphatic carbocycles. The smallest absolute Gasteiger partial charge is 0.162 e. The van der Waals surface area contributed by atoms with Gasteiger partial charge in [0, 0.05) is 17.6 Å². The van der Waals surface area contributed by atoms with E-state index in [1.807, 2.05) is 12.1 Å². The Bertz CT molecular complexity index is 400. The molecule has 0 aromatic heterocycles. The van der Waals surface area contributed by atoms with Gasteiger partial charge in [0.2, 0.25) is 0 Å². The molecular weight excluding hydrogens is 230 g/mol. The first kappa shape index (κ1) is 13.2. The lowest BCUT2D eigenvalue weighted by atomic mass is 9.98. The van der Waals surface area contributed by atoms with Crippen molar-refractivity contribution in [2.45, 2.75) is 37.8 Å². The highest BCUT2D eigenvalue weighted by molar-refractivity contribution is 5.45. The maximum atomic E-state index is 9.99. The zero-order valence-corrected chi connectivity index (χ0v) is 10.8. The lowest BCUT2D eigenvalue weighted by Gasteiger charge is -2.28. The maximum Gasteiger partial charge on any atom is 0.162 e. The van der Waals surface area contributed by atoms with Crippen LogP contribution in [0.25, 0.3) is 0 Å². The molecule has 1 saturated carbocycles. The van der Waals surface area contributed by atoms with Crippen molar-refractivity contribution in [1.29, 1.82) is 0 Å². The summed E-state index contributed by atoms with van der Waals surface area (Å²) in [6, 6.07) is 5.46. The average molecular weight is 251 g/mol. The third kappa shape index (κ3) is 2.60. The van der Waals surface area contributed by atoms with Crippen LogP contribution in [0.3, 0.4) is 0 Å². The van der Waals surface area contributed by atoms with Crippen LogP contribution in [0, 0.1) is 0 Å². The predicted molar refractivity (Wildman–Crippen MR) is 69.8 cm³/mol. The first-order valence-electron chi connectivity index (χ1n) is 6.41. The van der Waals surface area contributed by atoms with Crippen LogP contribution in [-0.2, 0) is 6.54 Å². The van der Waals surface area contributed by atoms with Crippen LogP contribution in [-0.4, -0.2) is 29.5 Å². The van der Waals surface area contributed by atoms with E-state index in [1.54, 1.807) is 13.2 Å². The topological polar surface area (TPSA) is 61.7 Å². The fraction of sp³-hybridized carbons (Fsp3) is 0.571. The van der Waals surface area contributed by atoms with Gasteiger partial charge in [0.05, 0.1) is 13.7 Å². The van der Waals surface area contributed by atoms with Crippen LogP contribution in [0.4, 0.5) is 0 Å². The fourth-order valence-electron chi connectivity index (χ4n) is 2.60. The molecule has 0 unspecified atom stereocenters. The first-order chi connectivity index (χ1) is 8.71. The third-order valence-electron chi connectivity index (χ3n) is 3.82. The van der Waals surface area contributed by atoms with Crippen LogP contribution in [0.15, 0.2) is 18.2 Å². The van der Waals surface area contributed by atoms with Gasteiger partial charge < -0.3 is 20.3 Å². The Morgan fingerprint density at radius 1 is 1.33 bits per heavy atom. The Hall–Kier alpha value is -1.26. The van der Waals surface area contributed by atoms with E-state index in [4.69, 9.17) is 4.74 Å². The van der Waals surface area contributed by atoms with Gasteiger partial charge in [-0.15, -0.1) is 0 Å². The molecule has 4 heteroatoms. The van der Waals surface area contributed by atoms with E-state index in [2.05, 4.69) is 5.32 Å². The summed E-state index contributed by atoms with van der Waals surface area (Å²) in [6.07, 6.45) is 4.29. The highest BCUT2D eigenvalue weighted by Crippen LogP contribution is 2.32. The maximum absolute atomic E-state index is 9.99. The average Bonchev–Trinajstić information content (AvgIpc) is 2.87. The van der Waals surface area contributed by atoms with Gasteiger partial charge in [0.15, 0.2) is 11.5 Å². The number of aliphatic hydroxyl groups excluding tert-OH is 1. The standard InChI is InChI=1S/C14H21NO3/c1-18-12-6-4-5-11(13(12)17)9-15-14(10-16)7-2-3-8-14/h4-6,15-17H,2-3,7-10H2,1H3. The molecule has 0 aliphatic heterocycles. The molecule has 2 rings (SSSR count). The molecule has 3 N–H and O–H groups in total. The molecule has 0 radical (unpaired) electrons. The number of hydrogen-bond donors (Lipinski definition) is 3. The van der Waals surface area contributed by atoms with Gasteiger partial charge in [-0.05, 0) is 18.9 Å². The third-order valence-corrected chi connectivity index (χ3v) is 3.82. The molecule has 100 valence electrons. The normalized spacial score (nSPS) is 17.9. The summed E-state index contributed by atoms with van der Waals surface area (Å²) in [6.45, 7) is 0.696. The lowest BCUT2D eigenvalue weighted by Crippen LogP contribution is -2.45. The van der Waals surface area contributed by atoms with Gasteiger partial charge in [-0.3, -0.25) is 0 Å². The number of phenolic OH excluding ortho intramolecular Hbond substituents is 1. The summed E-state index contributed by atoms with van der Waals surface area (Å²) in [4.78, 5) is 0. The number of aliphatic hydroxyl groups is 1. The van der Waals surface area contributed by atoms with Gasteiger partial charge in [-0.1, -0.05) is 25.0 Å². The molecule has 1 aromatic rings. The zero-order chi connectivity index (χ0) is 13.0. The summed E-state index contributed by atoms with van der Waals surface area (Å²) in [5.41, 5.74) is 0.629. The van der Waals surface area contributed by atoms with E-state index in [1.165, 1.54) is 0 Å². The van der Waals surface area contributed by atoms with Crippen molar-refractivity contribution in [3.8, 4) is 11.5 Å². The summed E-state index contributed by atoms with van der Waals surface area (Å²) in [5, 5.41) is 22.9. The number of phenols is 1. The molecule has 0 atom stereocenters. The molecule has 0 amide bonds. The van der Waals surface area contributed by atoms with Crippen LogP contribution in [0.5, 0.6) is 11.5 Å². The number of benzene rings is 1. The predicted octanol–water partition coefficient (Wildman–Crippen LogP) is 1.80. The molecule has 0 saturated heterocycles. The van der Waals surface area contributed by atoms with E-state index in [9.17, 15) is 10.2 Å². The van der Waals surface area contributed by atoms with Crippen LogP contribution < -0.4 is 10.1 Å². The highest BCUT2D eigenvalue weighted by Gasteiger charge is 2.32. The largest absolute Gasteiger partial charge is 0.504 e. The second-order valence-corrected chi connectivity index (χ2v) is 4.97. The molecule has 4 nitrogen and oxygen atoms in total. The molecule has 0 heterocycles. The van der Waals surface area contributed by atoms with Crippen molar-refractivity contribution < 1.29 is 14.9 Å². The Morgan fingerprint density at radius 2 is 2.06 bits per heavy atom. The number of para-hydroxylation sites is 1. The van der Waals surface area contributed by atoms with E-state index >= 15 is 0 Å². The number of methoxy groups -OCH3 is 1. The van der Waals surface area contributed by atoms with Gasteiger partial charge in [-0.25, -0.2) is 0 Å². The lowest BCUT2D eigenvalue weighted by molar-refractivity contribution is 0.162.